The fraction of sp³-hybridized carbons (Fsp3) is 0.889. The minimum absolute atomic E-state index is 0.451. The molecule has 2 rings (SSSR count). The van der Waals surface area contributed by atoms with E-state index in [4.69, 9.17) is 0 Å². The van der Waals surface area contributed by atoms with Crippen LogP contribution in [-0.2, 0) is 0 Å². The lowest BCUT2D eigenvalue weighted by molar-refractivity contribution is 0.590. The van der Waals surface area contributed by atoms with E-state index in [1.165, 1.54) is 50.2 Å². The summed E-state index contributed by atoms with van der Waals surface area (Å²) in [6, 6.07) is 1.94. The lowest BCUT2D eigenvalue weighted by Crippen LogP contribution is -2.30. The highest BCUT2D eigenvalue weighted by Crippen LogP contribution is 2.14. The number of rotatable bonds is 9. The minimum Gasteiger partial charge on any atom is -0.369 e. The van der Waals surface area contributed by atoms with Crippen LogP contribution in [0.4, 0.5) is 0 Å². The maximum atomic E-state index is 4.66. The molecule has 126 valence electrons. The summed E-state index contributed by atoms with van der Waals surface area (Å²) in [6.45, 7) is 8.81. The molecule has 0 saturated carbocycles. The molecule has 4 atom stereocenters. The first-order valence-electron chi connectivity index (χ1n) is 9.22. The van der Waals surface area contributed by atoms with Crippen LogP contribution in [0.1, 0.15) is 79.1 Å². The van der Waals surface area contributed by atoms with E-state index in [2.05, 4.69) is 48.3 Å². The lowest BCUT2D eigenvalue weighted by Gasteiger charge is -2.08. The summed E-state index contributed by atoms with van der Waals surface area (Å²) in [5.41, 5.74) is 0. The average molecular weight is 306 g/mol. The average Bonchev–Trinajstić information content (AvgIpc) is 2.96. The summed E-state index contributed by atoms with van der Waals surface area (Å²) in [5.74, 6) is 2.46. The van der Waals surface area contributed by atoms with Crippen LogP contribution >= 0.6 is 0 Å². The second-order valence-electron chi connectivity index (χ2n) is 7.12. The summed E-state index contributed by atoms with van der Waals surface area (Å²) >= 11 is 0. The van der Waals surface area contributed by atoms with Gasteiger partial charge in [-0.25, -0.2) is 0 Å². The third kappa shape index (κ3) is 5.29. The van der Waals surface area contributed by atoms with Gasteiger partial charge in [-0.15, -0.1) is 0 Å². The van der Waals surface area contributed by atoms with E-state index in [0.29, 0.717) is 24.2 Å². The van der Waals surface area contributed by atoms with E-state index in [1.54, 1.807) is 0 Å². The van der Waals surface area contributed by atoms with Gasteiger partial charge in [0.15, 0.2) is 0 Å². The monoisotopic (exact) mass is 306 g/mol. The molecule has 2 N–H and O–H groups in total. The third-order valence-electron chi connectivity index (χ3n) is 5.03. The van der Waals surface area contributed by atoms with Crippen molar-refractivity contribution in [3.8, 4) is 0 Å². The molecule has 0 spiro atoms. The third-order valence-corrected chi connectivity index (χ3v) is 5.03. The standard InChI is InChI=1S/C18H34N4/c1-13-14(2)20-17(19-13)11-9-7-5-6-8-10-12-18-21-15(3)16(4)22-18/h13-16H,5-12H2,1-4H3,(H,19,20)(H,21,22). The van der Waals surface area contributed by atoms with Crippen LogP contribution in [0.5, 0.6) is 0 Å². The van der Waals surface area contributed by atoms with Gasteiger partial charge in [-0.1, -0.05) is 25.7 Å². The molecular weight excluding hydrogens is 272 g/mol. The van der Waals surface area contributed by atoms with Crippen LogP contribution in [-0.4, -0.2) is 35.8 Å². The van der Waals surface area contributed by atoms with Crippen molar-refractivity contribution in [2.24, 2.45) is 9.98 Å². The van der Waals surface area contributed by atoms with Crippen LogP contribution in [0.3, 0.4) is 0 Å². The van der Waals surface area contributed by atoms with Crippen molar-refractivity contribution in [2.45, 2.75) is 103 Å². The van der Waals surface area contributed by atoms with Gasteiger partial charge in [-0.2, -0.15) is 0 Å². The Morgan fingerprint density at radius 2 is 1.00 bits per heavy atom. The topological polar surface area (TPSA) is 48.8 Å². The number of amidine groups is 2. The van der Waals surface area contributed by atoms with E-state index in [-0.39, 0.29) is 0 Å². The molecule has 0 saturated heterocycles. The summed E-state index contributed by atoms with van der Waals surface area (Å²) in [4.78, 5) is 9.32. The maximum Gasteiger partial charge on any atom is 0.0970 e. The SMILES string of the molecule is CC1N=C(CCCCCCCCC2=NC(C)C(C)N2)NC1C. The van der Waals surface area contributed by atoms with Gasteiger partial charge < -0.3 is 10.6 Å². The van der Waals surface area contributed by atoms with Gasteiger partial charge in [-0.3, -0.25) is 9.98 Å². The first kappa shape index (κ1) is 17.3. The zero-order chi connectivity index (χ0) is 15.9. The molecule has 4 nitrogen and oxygen atoms in total. The van der Waals surface area contributed by atoms with E-state index >= 15 is 0 Å². The van der Waals surface area contributed by atoms with Crippen molar-refractivity contribution in [1.82, 2.24) is 10.6 Å². The van der Waals surface area contributed by atoms with Gasteiger partial charge in [0.1, 0.15) is 0 Å². The van der Waals surface area contributed by atoms with E-state index in [0.717, 1.165) is 12.8 Å². The minimum atomic E-state index is 0.451. The fourth-order valence-electron chi connectivity index (χ4n) is 3.12. The van der Waals surface area contributed by atoms with E-state index in [9.17, 15) is 0 Å². The summed E-state index contributed by atoms with van der Waals surface area (Å²) in [6.07, 6.45) is 10.2. The van der Waals surface area contributed by atoms with Gasteiger partial charge in [-0.05, 0) is 40.5 Å². The summed E-state index contributed by atoms with van der Waals surface area (Å²) in [7, 11) is 0. The van der Waals surface area contributed by atoms with Gasteiger partial charge >= 0.3 is 0 Å². The smallest absolute Gasteiger partial charge is 0.0970 e. The van der Waals surface area contributed by atoms with Crippen LogP contribution < -0.4 is 10.6 Å². The predicted molar refractivity (Wildman–Crippen MR) is 95.9 cm³/mol. The second-order valence-corrected chi connectivity index (χ2v) is 7.12. The van der Waals surface area contributed by atoms with Crippen LogP contribution in [0.15, 0.2) is 9.98 Å². The Morgan fingerprint density at radius 1 is 0.636 bits per heavy atom. The molecule has 2 aliphatic rings. The highest BCUT2D eigenvalue weighted by Gasteiger charge is 2.20. The van der Waals surface area contributed by atoms with Crippen molar-refractivity contribution in [1.29, 1.82) is 0 Å². The molecule has 0 aromatic heterocycles. The van der Waals surface area contributed by atoms with E-state index in [1.807, 2.05) is 0 Å². The number of hydrogen-bond donors (Lipinski definition) is 2. The normalized spacial score (nSPS) is 30.7. The van der Waals surface area contributed by atoms with Crippen molar-refractivity contribution in [3.05, 3.63) is 0 Å². The first-order chi connectivity index (χ1) is 10.6. The fourth-order valence-corrected chi connectivity index (χ4v) is 3.12. The molecule has 0 fully saturated rings. The molecule has 0 aromatic carbocycles. The molecule has 0 bridgehead atoms. The first-order valence-corrected chi connectivity index (χ1v) is 9.22. The lowest BCUT2D eigenvalue weighted by atomic mass is 10.1. The summed E-state index contributed by atoms with van der Waals surface area (Å²) < 4.78 is 0. The molecular formula is C18H34N4. The van der Waals surface area contributed by atoms with Gasteiger partial charge in [0.05, 0.1) is 23.8 Å². The molecule has 2 aliphatic heterocycles. The molecule has 0 aromatic rings. The van der Waals surface area contributed by atoms with Gasteiger partial charge in [0, 0.05) is 24.9 Å². The van der Waals surface area contributed by atoms with Crippen LogP contribution in [0.25, 0.3) is 0 Å². The Bertz CT molecular complexity index is 364. The quantitative estimate of drug-likeness (QED) is 0.639. The number of hydrogen-bond acceptors (Lipinski definition) is 4. The zero-order valence-electron chi connectivity index (χ0n) is 14.9. The van der Waals surface area contributed by atoms with Crippen molar-refractivity contribution < 1.29 is 0 Å². The Balaban J connectivity index is 1.42. The number of nitrogens with zero attached hydrogens (tertiary/aromatic N) is 2. The zero-order valence-corrected chi connectivity index (χ0v) is 14.9. The van der Waals surface area contributed by atoms with Crippen molar-refractivity contribution in [3.63, 3.8) is 0 Å². The molecule has 0 amide bonds. The Morgan fingerprint density at radius 3 is 1.32 bits per heavy atom. The predicted octanol–water partition coefficient (Wildman–Crippen LogP) is 3.66. The Kier molecular flexibility index (Phi) is 6.71. The summed E-state index contributed by atoms with van der Waals surface area (Å²) in [5, 5.41) is 6.97. The maximum absolute atomic E-state index is 4.66. The van der Waals surface area contributed by atoms with Gasteiger partial charge in [0.2, 0.25) is 0 Å². The van der Waals surface area contributed by atoms with Crippen molar-refractivity contribution >= 4 is 11.7 Å². The molecule has 4 unspecified atom stereocenters. The number of nitrogens with one attached hydrogen (secondary N) is 2. The van der Waals surface area contributed by atoms with Crippen LogP contribution in [0.2, 0.25) is 0 Å². The molecule has 0 radical (unpaired) electrons. The van der Waals surface area contributed by atoms with Crippen molar-refractivity contribution in [2.75, 3.05) is 0 Å². The molecule has 4 heteroatoms. The number of aliphatic imine (C=N–C) groups is 2. The largest absolute Gasteiger partial charge is 0.369 e. The Hall–Kier alpha value is -1.06. The highest BCUT2D eigenvalue weighted by molar-refractivity contribution is 5.84. The van der Waals surface area contributed by atoms with Gasteiger partial charge in [0.25, 0.3) is 0 Å². The van der Waals surface area contributed by atoms with E-state index < -0.39 is 0 Å². The second kappa shape index (κ2) is 8.54. The number of unbranched alkanes of at least 4 members (excludes halogenated alkanes) is 5. The molecule has 2 heterocycles. The van der Waals surface area contributed by atoms with Crippen LogP contribution in [0, 0.1) is 0 Å². The molecule has 22 heavy (non-hydrogen) atoms. The highest BCUT2D eigenvalue weighted by atomic mass is 15.1. The molecule has 0 aliphatic carbocycles. The Labute approximate surface area is 136 Å².